The first-order valence-electron chi connectivity index (χ1n) is 9.67. The Morgan fingerprint density at radius 1 is 0.967 bits per heavy atom. The molecule has 30 heavy (non-hydrogen) atoms. The van der Waals surface area contributed by atoms with Crippen molar-refractivity contribution < 1.29 is 18.3 Å². The Morgan fingerprint density at radius 3 is 2.30 bits per heavy atom. The number of hydrogen-bond acceptors (Lipinski definition) is 3. The molecule has 156 valence electrons. The van der Waals surface area contributed by atoms with E-state index in [4.69, 9.17) is 10.5 Å². The van der Waals surface area contributed by atoms with Gasteiger partial charge >= 0.3 is 0 Å². The molecule has 3 aromatic carbocycles. The highest BCUT2D eigenvalue weighted by Gasteiger charge is 2.11. The second-order valence-electron chi connectivity index (χ2n) is 7.17. The van der Waals surface area contributed by atoms with Gasteiger partial charge in [-0.3, -0.25) is 4.79 Å². The van der Waals surface area contributed by atoms with Gasteiger partial charge in [0.05, 0.1) is 6.04 Å². The smallest absolute Gasteiger partial charge is 0.234 e. The number of nitrogens with one attached hydrogen (secondary N) is 1. The van der Waals surface area contributed by atoms with Gasteiger partial charge in [0.1, 0.15) is 24.0 Å². The summed E-state index contributed by atoms with van der Waals surface area (Å²) in [4.78, 5) is 11.2. The van der Waals surface area contributed by atoms with Crippen LogP contribution in [0.2, 0.25) is 0 Å². The molecule has 3 rings (SSSR count). The van der Waals surface area contributed by atoms with Crippen LogP contribution in [0.1, 0.15) is 29.2 Å². The highest BCUT2D eigenvalue weighted by molar-refractivity contribution is 5.79. The van der Waals surface area contributed by atoms with Gasteiger partial charge in [0.2, 0.25) is 5.91 Å². The van der Waals surface area contributed by atoms with Gasteiger partial charge in [-0.05, 0) is 59.5 Å². The number of carbonyl (C=O) groups is 1. The summed E-state index contributed by atoms with van der Waals surface area (Å²) in [5.74, 6) is -0.413. The molecule has 0 saturated heterocycles. The molecule has 0 saturated carbocycles. The lowest BCUT2D eigenvalue weighted by Gasteiger charge is -2.15. The zero-order valence-corrected chi connectivity index (χ0v) is 16.7. The molecule has 0 fully saturated rings. The molecule has 0 aromatic heterocycles. The minimum Gasteiger partial charge on any atom is -0.489 e. The Morgan fingerprint density at radius 2 is 1.63 bits per heavy atom. The van der Waals surface area contributed by atoms with E-state index < -0.39 is 11.9 Å². The lowest BCUT2D eigenvalue weighted by Crippen LogP contribution is -2.38. The molecule has 1 unspecified atom stereocenters. The van der Waals surface area contributed by atoms with E-state index in [1.54, 1.807) is 25.1 Å². The molecular weight excluding hydrogens is 386 g/mol. The molecule has 0 bridgehead atoms. The summed E-state index contributed by atoms with van der Waals surface area (Å²) in [5, 5.41) is 3.07. The Labute approximate surface area is 174 Å². The summed E-state index contributed by atoms with van der Waals surface area (Å²) in [6, 6.07) is 17.8. The Kier molecular flexibility index (Phi) is 7.14. The fourth-order valence-corrected chi connectivity index (χ4v) is 3.05. The number of primary amides is 1. The molecule has 0 radical (unpaired) electrons. The average molecular weight is 410 g/mol. The van der Waals surface area contributed by atoms with Crippen LogP contribution in [0.15, 0.2) is 66.7 Å². The molecule has 6 heteroatoms. The van der Waals surface area contributed by atoms with Gasteiger partial charge in [-0.1, -0.05) is 36.4 Å². The number of hydrogen-bond donors (Lipinski definition) is 2. The van der Waals surface area contributed by atoms with Gasteiger partial charge < -0.3 is 15.8 Å². The SMILES string of the molecule is CC(NCc1ccc(OCc2cccc(F)c2)c(Cc2cccc(F)c2)c1)C(N)=O. The van der Waals surface area contributed by atoms with E-state index in [0.29, 0.717) is 24.3 Å². The van der Waals surface area contributed by atoms with Crippen molar-refractivity contribution in [3.63, 3.8) is 0 Å². The third kappa shape index (κ3) is 6.12. The maximum absolute atomic E-state index is 13.6. The molecular formula is C24H24F2N2O2. The molecule has 1 amide bonds. The number of ether oxygens (including phenoxy) is 1. The fourth-order valence-electron chi connectivity index (χ4n) is 3.05. The molecule has 0 aliphatic carbocycles. The lowest BCUT2D eigenvalue weighted by atomic mass is 10.0. The zero-order chi connectivity index (χ0) is 21.5. The van der Waals surface area contributed by atoms with Gasteiger partial charge in [0.25, 0.3) is 0 Å². The Bertz CT molecular complexity index is 1020. The van der Waals surface area contributed by atoms with Crippen molar-refractivity contribution in [2.45, 2.75) is 32.5 Å². The number of amides is 1. The number of benzene rings is 3. The van der Waals surface area contributed by atoms with Gasteiger partial charge in [-0.2, -0.15) is 0 Å². The summed E-state index contributed by atoms with van der Waals surface area (Å²) in [6.45, 7) is 2.36. The summed E-state index contributed by atoms with van der Waals surface area (Å²) < 4.78 is 33.0. The highest BCUT2D eigenvalue weighted by atomic mass is 19.1. The largest absolute Gasteiger partial charge is 0.489 e. The van der Waals surface area contributed by atoms with Crippen molar-refractivity contribution in [3.05, 3.63) is 101 Å². The van der Waals surface area contributed by atoms with Crippen molar-refractivity contribution >= 4 is 5.91 Å². The minimum atomic E-state index is -0.458. The molecule has 0 aliphatic heterocycles. The van der Waals surface area contributed by atoms with Crippen LogP contribution in [0.25, 0.3) is 0 Å². The monoisotopic (exact) mass is 410 g/mol. The van der Waals surface area contributed by atoms with E-state index in [1.807, 2.05) is 24.3 Å². The van der Waals surface area contributed by atoms with Gasteiger partial charge in [-0.25, -0.2) is 8.78 Å². The van der Waals surface area contributed by atoms with Crippen molar-refractivity contribution in [2.75, 3.05) is 0 Å². The van der Waals surface area contributed by atoms with Crippen LogP contribution in [0.4, 0.5) is 8.78 Å². The summed E-state index contributed by atoms with van der Waals surface area (Å²) in [7, 11) is 0. The predicted molar refractivity (Wildman–Crippen MR) is 112 cm³/mol. The van der Waals surface area contributed by atoms with E-state index >= 15 is 0 Å². The molecule has 4 nitrogen and oxygen atoms in total. The normalized spacial score (nSPS) is 11.8. The molecule has 1 atom stereocenters. The fraction of sp³-hybridized carbons (Fsp3) is 0.208. The van der Waals surface area contributed by atoms with Crippen LogP contribution in [-0.2, 0) is 24.4 Å². The van der Waals surface area contributed by atoms with Crippen LogP contribution in [-0.4, -0.2) is 11.9 Å². The number of carbonyl (C=O) groups excluding carboxylic acids is 1. The third-order valence-electron chi connectivity index (χ3n) is 4.73. The van der Waals surface area contributed by atoms with Gasteiger partial charge in [0, 0.05) is 13.0 Å². The standard InChI is InChI=1S/C24H24F2N2O2/c1-16(24(27)29)28-14-18-8-9-23(30-15-19-5-3-7-22(26)13-19)20(11-18)10-17-4-2-6-21(25)12-17/h2-9,11-13,16,28H,10,14-15H2,1H3,(H2,27,29). The maximum Gasteiger partial charge on any atom is 0.234 e. The van der Waals surface area contributed by atoms with Crippen LogP contribution < -0.4 is 15.8 Å². The molecule has 0 heterocycles. The highest BCUT2D eigenvalue weighted by Crippen LogP contribution is 2.25. The molecule has 3 aromatic rings. The van der Waals surface area contributed by atoms with E-state index in [0.717, 1.165) is 16.7 Å². The Hall–Kier alpha value is -3.25. The minimum absolute atomic E-state index is 0.213. The van der Waals surface area contributed by atoms with E-state index in [-0.39, 0.29) is 18.2 Å². The zero-order valence-electron chi connectivity index (χ0n) is 16.7. The number of rotatable bonds is 9. The van der Waals surface area contributed by atoms with Gasteiger partial charge in [0.15, 0.2) is 0 Å². The van der Waals surface area contributed by atoms with E-state index in [1.165, 1.54) is 24.3 Å². The molecule has 3 N–H and O–H groups in total. The first-order chi connectivity index (χ1) is 14.4. The third-order valence-corrected chi connectivity index (χ3v) is 4.73. The van der Waals surface area contributed by atoms with Crippen molar-refractivity contribution in [1.82, 2.24) is 5.32 Å². The summed E-state index contributed by atoms with van der Waals surface area (Å²) >= 11 is 0. The second kappa shape index (κ2) is 9.98. The van der Waals surface area contributed by atoms with E-state index in [2.05, 4.69) is 5.32 Å². The van der Waals surface area contributed by atoms with Crippen LogP contribution in [0.5, 0.6) is 5.75 Å². The van der Waals surface area contributed by atoms with Gasteiger partial charge in [-0.15, -0.1) is 0 Å². The van der Waals surface area contributed by atoms with Crippen LogP contribution >= 0.6 is 0 Å². The van der Waals surface area contributed by atoms with Crippen LogP contribution in [0.3, 0.4) is 0 Å². The van der Waals surface area contributed by atoms with Crippen LogP contribution in [0, 0.1) is 11.6 Å². The second-order valence-corrected chi connectivity index (χ2v) is 7.17. The predicted octanol–water partition coefficient (Wildman–Crippen LogP) is 4.10. The first-order valence-corrected chi connectivity index (χ1v) is 9.67. The Balaban J connectivity index is 1.81. The number of nitrogens with two attached hydrogens (primary N) is 1. The topological polar surface area (TPSA) is 64.3 Å². The first kappa shape index (κ1) is 21.5. The molecule has 0 aliphatic rings. The lowest BCUT2D eigenvalue weighted by molar-refractivity contribution is -0.119. The summed E-state index contributed by atoms with van der Waals surface area (Å²) in [6.07, 6.45) is 0.468. The van der Waals surface area contributed by atoms with Crippen molar-refractivity contribution in [1.29, 1.82) is 0 Å². The quantitative estimate of drug-likeness (QED) is 0.558. The molecule has 0 spiro atoms. The summed E-state index contributed by atoms with van der Waals surface area (Å²) in [5.41, 5.74) is 8.62. The average Bonchev–Trinajstić information content (AvgIpc) is 2.71. The van der Waals surface area contributed by atoms with Crippen molar-refractivity contribution in [3.8, 4) is 5.75 Å². The maximum atomic E-state index is 13.6. The number of halogens is 2. The van der Waals surface area contributed by atoms with E-state index in [9.17, 15) is 13.6 Å². The van der Waals surface area contributed by atoms with Crippen molar-refractivity contribution in [2.24, 2.45) is 5.73 Å².